The van der Waals surface area contributed by atoms with Crippen molar-refractivity contribution < 1.29 is 4.42 Å². The van der Waals surface area contributed by atoms with Crippen LogP contribution in [0.3, 0.4) is 0 Å². The number of rotatable bonds is 5. The fraction of sp³-hybridized carbons (Fsp3) is 0.500. The molecule has 104 valence electrons. The summed E-state index contributed by atoms with van der Waals surface area (Å²) < 4.78 is 7.25. The lowest BCUT2D eigenvalue weighted by molar-refractivity contribution is 0.414. The van der Waals surface area contributed by atoms with Crippen molar-refractivity contribution >= 4 is 26.9 Å². The largest absolute Gasteiger partial charge is 0.459 e. The number of hydrogen-bond donors (Lipinski definition) is 1. The molecule has 19 heavy (non-hydrogen) atoms. The first kappa shape index (κ1) is 14.6. The maximum absolute atomic E-state index is 6.07. The van der Waals surface area contributed by atoms with Crippen LogP contribution in [0.1, 0.15) is 49.6 Å². The van der Waals surface area contributed by atoms with E-state index in [0.29, 0.717) is 6.04 Å². The van der Waals surface area contributed by atoms with Gasteiger partial charge in [-0.15, -0.1) is 0 Å². The van der Waals surface area contributed by atoms with Gasteiger partial charge in [0.1, 0.15) is 11.3 Å². The van der Waals surface area contributed by atoms with Gasteiger partial charge in [0.05, 0.1) is 6.04 Å². The molecular formula is C16H22BrNO. The Morgan fingerprint density at radius 3 is 2.63 bits per heavy atom. The Bertz CT molecular complexity index is 568. The summed E-state index contributed by atoms with van der Waals surface area (Å²) in [5, 5.41) is 4.72. The van der Waals surface area contributed by atoms with E-state index in [0.717, 1.165) is 30.7 Å². The van der Waals surface area contributed by atoms with Gasteiger partial charge in [0.15, 0.2) is 0 Å². The summed E-state index contributed by atoms with van der Waals surface area (Å²) in [7, 11) is 0. The lowest BCUT2D eigenvalue weighted by Gasteiger charge is -2.13. The topological polar surface area (TPSA) is 25.2 Å². The Labute approximate surface area is 123 Å². The first-order valence-corrected chi connectivity index (χ1v) is 7.80. The molecule has 0 saturated carbocycles. The highest BCUT2D eigenvalue weighted by Crippen LogP contribution is 2.33. The molecule has 1 unspecified atom stereocenters. The van der Waals surface area contributed by atoms with Gasteiger partial charge in [0.25, 0.3) is 0 Å². The second kappa shape index (κ2) is 6.10. The average Bonchev–Trinajstić information content (AvgIpc) is 2.80. The lowest BCUT2D eigenvalue weighted by Crippen LogP contribution is -2.20. The van der Waals surface area contributed by atoms with Crippen molar-refractivity contribution in [3.05, 3.63) is 33.5 Å². The SMILES string of the molecule is CCCC(NCC)c1cc2c(C)c(Br)c(C)cc2o1. The molecule has 3 heteroatoms. The van der Waals surface area contributed by atoms with Crippen molar-refractivity contribution in [2.24, 2.45) is 0 Å². The summed E-state index contributed by atoms with van der Waals surface area (Å²) in [4.78, 5) is 0. The summed E-state index contributed by atoms with van der Waals surface area (Å²) in [6.07, 6.45) is 2.25. The molecule has 0 aliphatic heterocycles. The molecule has 1 atom stereocenters. The summed E-state index contributed by atoms with van der Waals surface area (Å²) >= 11 is 3.65. The van der Waals surface area contributed by atoms with Crippen LogP contribution in [0, 0.1) is 13.8 Å². The third-order valence-corrected chi connectivity index (χ3v) is 4.80. The van der Waals surface area contributed by atoms with Crippen molar-refractivity contribution in [2.45, 2.75) is 46.6 Å². The van der Waals surface area contributed by atoms with E-state index in [1.165, 1.54) is 21.0 Å². The third kappa shape index (κ3) is 2.87. The van der Waals surface area contributed by atoms with Gasteiger partial charge >= 0.3 is 0 Å². The molecule has 0 bridgehead atoms. The van der Waals surface area contributed by atoms with Crippen molar-refractivity contribution in [1.82, 2.24) is 5.32 Å². The molecule has 1 heterocycles. The van der Waals surface area contributed by atoms with Gasteiger partial charge < -0.3 is 9.73 Å². The molecule has 0 fully saturated rings. The standard InChI is InChI=1S/C16H22BrNO/c1-5-7-13(18-6-2)15-9-12-11(4)16(17)10(3)8-14(12)19-15/h8-9,13,18H,5-7H2,1-4H3. The van der Waals surface area contributed by atoms with Crippen molar-refractivity contribution in [2.75, 3.05) is 6.54 Å². The van der Waals surface area contributed by atoms with E-state index in [-0.39, 0.29) is 0 Å². The van der Waals surface area contributed by atoms with E-state index in [4.69, 9.17) is 4.42 Å². The molecule has 0 aliphatic rings. The molecule has 2 rings (SSSR count). The minimum atomic E-state index is 0.320. The third-order valence-electron chi connectivity index (χ3n) is 3.58. The van der Waals surface area contributed by atoms with Crippen LogP contribution in [-0.2, 0) is 0 Å². The fourth-order valence-electron chi connectivity index (χ4n) is 2.55. The van der Waals surface area contributed by atoms with Crippen LogP contribution < -0.4 is 5.32 Å². The fourth-order valence-corrected chi connectivity index (χ4v) is 2.88. The predicted octanol–water partition coefficient (Wildman–Crippen LogP) is 5.26. The first-order valence-electron chi connectivity index (χ1n) is 7.01. The Morgan fingerprint density at radius 1 is 1.26 bits per heavy atom. The first-order chi connectivity index (χ1) is 9.08. The molecule has 2 aromatic rings. The molecule has 2 nitrogen and oxygen atoms in total. The van der Waals surface area contributed by atoms with Crippen LogP contribution in [0.15, 0.2) is 21.0 Å². The van der Waals surface area contributed by atoms with E-state index in [1.807, 2.05) is 0 Å². The van der Waals surface area contributed by atoms with E-state index in [9.17, 15) is 0 Å². The van der Waals surface area contributed by atoms with Gasteiger partial charge in [0, 0.05) is 9.86 Å². The molecule has 0 aliphatic carbocycles. The normalized spacial score (nSPS) is 13.1. The van der Waals surface area contributed by atoms with Crippen molar-refractivity contribution in [3.8, 4) is 0 Å². The van der Waals surface area contributed by atoms with Crippen LogP contribution >= 0.6 is 15.9 Å². The lowest BCUT2D eigenvalue weighted by atomic mass is 10.1. The molecule has 0 spiro atoms. The van der Waals surface area contributed by atoms with Crippen LogP contribution in [0.5, 0.6) is 0 Å². The monoisotopic (exact) mass is 323 g/mol. The Balaban J connectivity index is 2.48. The summed E-state index contributed by atoms with van der Waals surface area (Å²) in [6, 6.07) is 4.63. The minimum absolute atomic E-state index is 0.320. The summed E-state index contributed by atoms with van der Waals surface area (Å²) in [5.74, 6) is 1.05. The summed E-state index contributed by atoms with van der Waals surface area (Å²) in [5.41, 5.74) is 3.48. The van der Waals surface area contributed by atoms with Gasteiger partial charge in [-0.25, -0.2) is 0 Å². The number of aryl methyl sites for hydroxylation is 2. The van der Waals surface area contributed by atoms with Crippen LogP contribution in [-0.4, -0.2) is 6.54 Å². The van der Waals surface area contributed by atoms with Crippen LogP contribution in [0.4, 0.5) is 0 Å². The van der Waals surface area contributed by atoms with E-state index >= 15 is 0 Å². The second-order valence-corrected chi connectivity index (χ2v) is 5.88. The van der Waals surface area contributed by atoms with E-state index in [1.54, 1.807) is 0 Å². The molecular weight excluding hydrogens is 302 g/mol. The number of halogens is 1. The van der Waals surface area contributed by atoms with E-state index < -0.39 is 0 Å². The number of furan rings is 1. The molecule has 0 radical (unpaired) electrons. The van der Waals surface area contributed by atoms with Gasteiger partial charge in [-0.3, -0.25) is 0 Å². The molecule has 1 aromatic carbocycles. The van der Waals surface area contributed by atoms with Gasteiger partial charge in [0.2, 0.25) is 0 Å². The Kier molecular flexibility index (Phi) is 4.69. The predicted molar refractivity (Wildman–Crippen MR) is 84.7 cm³/mol. The summed E-state index contributed by atoms with van der Waals surface area (Å²) in [6.45, 7) is 9.55. The minimum Gasteiger partial charge on any atom is -0.459 e. The number of nitrogens with one attached hydrogen (secondary N) is 1. The number of hydrogen-bond acceptors (Lipinski definition) is 2. The highest BCUT2D eigenvalue weighted by Gasteiger charge is 2.17. The Morgan fingerprint density at radius 2 is 2.00 bits per heavy atom. The van der Waals surface area contributed by atoms with Crippen molar-refractivity contribution in [1.29, 1.82) is 0 Å². The highest BCUT2D eigenvalue weighted by atomic mass is 79.9. The zero-order chi connectivity index (χ0) is 14.0. The van der Waals surface area contributed by atoms with Gasteiger partial charge in [-0.2, -0.15) is 0 Å². The quantitative estimate of drug-likeness (QED) is 0.811. The van der Waals surface area contributed by atoms with Gasteiger partial charge in [-0.05, 0) is 50.1 Å². The molecule has 0 amide bonds. The second-order valence-electron chi connectivity index (χ2n) is 5.09. The smallest absolute Gasteiger partial charge is 0.134 e. The maximum Gasteiger partial charge on any atom is 0.134 e. The number of benzene rings is 1. The molecule has 0 saturated heterocycles. The van der Waals surface area contributed by atoms with Gasteiger partial charge in [-0.1, -0.05) is 36.2 Å². The molecule has 1 N–H and O–H groups in total. The zero-order valence-corrected chi connectivity index (χ0v) is 13.7. The maximum atomic E-state index is 6.07. The molecule has 1 aromatic heterocycles. The van der Waals surface area contributed by atoms with E-state index in [2.05, 4.69) is 61.1 Å². The van der Waals surface area contributed by atoms with Crippen LogP contribution in [0.2, 0.25) is 0 Å². The van der Waals surface area contributed by atoms with Crippen molar-refractivity contribution in [3.63, 3.8) is 0 Å². The zero-order valence-electron chi connectivity index (χ0n) is 12.1. The highest BCUT2D eigenvalue weighted by molar-refractivity contribution is 9.10. The Hall–Kier alpha value is -0.800. The van der Waals surface area contributed by atoms with Crippen LogP contribution in [0.25, 0.3) is 11.0 Å². The number of fused-ring (bicyclic) bond motifs is 1. The average molecular weight is 324 g/mol.